The van der Waals surface area contributed by atoms with Crippen molar-refractivity contribution >= 4 is 46.0 Å². The summed E-state index contributed by atoms with van der Waals surface area (Å²) in [6.45, 7) is 0.321. The van der Waals surface area contributed by atoms with Gasteiger partial charge in [-0.25, -0.2) is 9.50 Å². The highest BCUT2D eigenvalue weighted by atomic mass is 35.5. The Morgan fingerprint density at radius 2 is 1.96 bits per heavy atom. The molecule has 0 radical (unpaired) electrons. The molecule has 0 aliphatic rings. The summed E-state index contributed by atoms with van der Waals surface area (Å²) >= 11 is 13.6. The topological polar surface area (TPSA) is 59.3 Å². The first-order valence-electron chi connectivity index (χ1n) is 7.74. The number of carbonyl (C=O) groups excluding carboxylic acids is 1. The molecule has 3 aromatic heterocycles. The van der Waals surface area contributed by atoms with Gasteiger partial charge in [0, 0.05) is 23.3 Å². The molecule has 26 heavy (non-hydrogen) atoms. The molecule has 5 nitrogen and oxygen atoms in total. The second-order valence-corrected chi connectivity index (χ2v) is 7.51. The summed E-state index contributed by atoms with van der Waals surface area (Å²) in [5.74, 6) is -0.292. The van der Waals surface area contributed by atoms with Crippen molar-refractivity contribution < 1.29 is 4.79 Å². The van der Waals surface area contributed by atoms with Gasteiger partial charge in [0.25, 0.3) is 5.91 Å². The van der Waals surface area contributed by atoms with Crippen molar-refractivity contribution in [1.82, 2.24) is 19.9 Å². The summed E-state index contributed by atoms with van der Waals surface area (Å²) in [5.41, 5.74) is 3.06. The second kappa shape index (κ2) is 7.07. The number of hydrogen-bond donors (Lipinski definition) is 1. The molecule has 0 fully saturated rings. The highest BCUT2D eigenvalue weighted by Gasteiger charge is 2.19. The Hall–Kier alpha value is -2.41. The molecule has 0 aliphatic heterocycles. The van der Waals surface area contributed by atoms with Gasteiger partial charge < -0.3 is 5.32 Å². The number of halogens is 2. The maximum absolute atomic E-state index is 12.4. The Balaban J connectivity index is 1.58. The summed E-state index contributed by atoms with van der Waals surface area (Å²) in [6.07, 6.45) is 3.54. The normalized spacial score (nSPS) is 11.0. The zero-order valence-corrected chi connectivity index (χ0v) is 15.6. The number of nitrogens with zero attached hydrogens (tertiary/aromatic N) is 3. The molecule has 0 saturated carbocycles. The van der Waals surface area contributed by atoms with E-state index in [1.165, 1.54) is 0 Å². The molecule has 1 aromatic carbocycles. The van der Waals surface area contributed by atoms with E-state index in [-0.39, 0.29) is 5.91 Å². The van der Waals surface area contributed by atoms with Crippen LogP contribution in [0.15, 0.2) is 54.9 Å². The smallest absolute Gasteiger partial charge is 0.280 e. The Morgan fingerprint density at radius 1 is 1.15 bits per heavy atom. The number of amides is 1. The van der Waals surface area contributed by atoms with Gasteiger partial charge in [0.1, 0.15) is 10.0 Å². The average molecular weight is 403 g/mol. The number of nitrogens with one attached hydrogen (secondary N) is 1. The van der Waals surface area contributed by atoms with Gasteiger partial charge in [-0.3, -0.25) is 4.79 Å². The molecular weight excluding hydrogens is 391 g/mol. The average Bonchev–Trinajstić information content (AvgIpc) is 3.24. The molecule has 130 valence electrons. The van der Waals surface area contributed by atoms with E-state index < -0.39 is 0 Å². The van der Waals surface area contributed by atoms with Crippen molar-refractivity contribution in [3.8, 4) is 11.3 Å². The fraction of sp³-hybridized carbons (Fsp3) is 0.0556. The molecule has 0 unspecified atom stereocenters. The van der Waals surface area contributed by atoms with Crippen LogP contribution in [0.4, 0.5) is 0 Å². The summed E-state index contributed by atoms with van der Waals surface area (Å²) in [4.78, 5) is 16.9. The molecule has 0 spiro atoms. The van der Waals surface area contributed by atoms with Crippen molar-refractivity contribution in [3.05, 3.63) is 74.8 Å². The summed E-state index contributed by atoms with van der Waals surface area (Å²) in [6, 6.07) is 13.1. The standard InChI is InChI=1S/C18H12Cl2N4OS/c19-13-6-2-1-5-11(13)9-21-17(25)18-23-15(16(20)26-18)12-10-22-24-8-4-3-7-14(12)24/h1-8,10H,9H2,(H,21,25). The van der Waals surface area contributed by atoms with Gasteiger partial charge >= 0.3 is 0 Å². The minimum absolute atomic E-state index is 0.292. The quantitative estimate of drug-likeness (QED) is 0.538. The van der Waals surface area contributed by atoms with Crippen LogP contribution >= 0.6 is 34.5 Å². The molecule has 0 saturated heterocycles. The van der Waals surface area contributed by atoms with Crippen molar-refractivity contribution in [3.63, 3.8) is 0 Å². The third-order valence-electron chi connectivity index (χ3n) is 3.86. The Morgan fingerprint density at radius 3 is 2.81 bits per heavy atom. The second-order valence-electron chi connectivity index (χ2n) is 5.50. The van der Waals surface area contributed by atoms with E-state index in [9.17, 15) is 4.79 Å². The van der Waals surface area contributed by atoms with Crippen molar-refractivity contribution in [1.29, 1.82) is 0 Å². The molecule has 1 N–H and O–H groups in total. The molecule has 3 heterocycles. The number of thiazole rings is 1. The van der Waals surface area contributed by atoms with Gasteiger partial charge in [-0.15, -0.1) is 0 Å². The number of fused-ring (bicyclic) bond motifs is 1. The molecular formula is C18H12Cl2N4OS. The largest absolute Gasteiger partial charge is 0.346 e. The highest BCUT2D eigenvalue weighted by Crippen LogP contribution is 2.34. The summed E-state index contributed by atoms with van der Waals surface area (Å²) < 4.78 is 2.19. The van der Waals surface area contributed by atoms with Crippen LogP contribution in [0.2, 0.25) is 9.36 Å². The molecule has 1 amide bonds. The lowest BCUT2D eigenvalue weighted by Crippen LogP contribution is -2.22. The highest BCUT2D eigenvalue weighted by molar-refractivity contribution is 7.18. The van der Waals surface area contributed by atoms with Crippen molar-refractivity contribution in [2.45, 2.75) is 6.54 Å². The van der Waals surface area contributed by atoms with Crippen molar-refractivity contribution in [2.75, 3.05) is 0 Å². The van der Waals surface area contributed by atoms with Crippen LogP contribution in [0.3, 0.4) is 0 Å². The zero-order chi connectivity index (χ0) is 18.1. The zero-order valence-electron chi connectivity index (χ0n) is 13.3. The number of rotatable bonds is 4. The van der Waals surface area contributed by atoms with Gasteiger partial charge in [0.2, 0.25) is 0 Å². The Bertz CT molecular complexity index is 1110. The third-order valence-corrected chi connectivity index (χ3v) is 5.48. The minimum atomic E-state index is -0.292. The van der Waals surface area contributed by atoms with Crippen LogP contribution in [-0.2, 0) is 6.54 Å². The number of carbonyl (C=O) groups is 1. The number of pyridine rings is 1. The number of hydrogen-bond acceptors (Lipinski definition) is 4. The summed E-state index contributed by atoms with van der Waals surface area (Å²) in [7, 11) is 0. The van der Waals surface area contributed by atoms with Gasteiger partial charge in [-0.1, -0.05) is 58.8 Å². The first-order chi connectivity index (χ1) is 12.6. The van der Waals surface area contributed by atoms with E-state index in [1.807, 2.05) is 42.6 Å². The lowest BCUT2D eigenvalue weighted by atomic mass is 10.2. The van der Waals surface area contributed by atoms with Crippen LogP contribution in [0.25, 0.3) is 16.8 Å². The fourth-order valence-corrected chi connectivity index (χ4v) is 3.86. The van der Waals surface area contributed by atoms with Crippen LogP contribution in [-0.4, -0.2) is 20.5 Å². The van der Waals surface area contributed by atoms with E-state index in [1.54, 1.807) is 16.8 Å². The van der Waals surface area contributed by atoms with E-state index in [0.29, 0.717) is 26.6 Å². The number of aromatic nitrogens is 3. The monoisotopic (exact) mass is 402 g/mol. The SMILES string of the molecule is O=C(NCc1ccccc1Cl)c1nc(-c2cnn3ccccc23)c(Cl)s1. The third kappa shape index (κ3) is 3.19. The molecule has 0 bridgehead atoms. The van der Waals surface area contributed by atoms with Crippen LogP contribution in [0.1, 0.15) is 15.4 Å². The van der Waals surface area contributed by atoms with E-state index >= 15 is 0 Å². The van der Waals surface area contributed by atoms with E-state index in [4.69, 9.17) is 23.2 Å². The Kier molecular flexibility index (Phi) is 4.63. The van der Waals surface area contributed by atoms with Crippen LogP contribution in [0, 0.1) is 0 Å². The van der Waals surface area contributed by atoms with Gasteiger partial charge in [-0.05, 0) is 23.8 Å². The maximum atomic E-state index is 12.4. The minimum Gasteiger partial charge on any atom is -0.346 e. The van der Waals surface area contributed by atoms with Crippen molar-refractivity contribution in [2.24, 2.45) is 0 Å². The predicted molar refractivity (Wildman–Crippen MR) is 104 cm³/mol. The lowest BCUT2D eigenvalue weighted by molar-refractivity contribution is 0.0950. The maximum Gasteiger partial charge on any atom is 0.280 e. The van der Waals surface area contributed by atoms with Gasteiger partial charge in [0.15, 0.2) is 5.01 Å². The van der Waals surface area contributed by atoms with E-state index in [0.717, 1.165) is 28.0 Å². The van der Waals surface area contributed by atoms with Gasteiger partial charge in [0.05, 0.1) is 11.7 Å². The predicted octanol–water partition coefficient (Wildman–Crippen LogP) is 4.69. The van der Waals surface area contributed by atoms with Crippen LogP contribution in [0.5, 0.6) is 0 Å². The first-order valence-corrected chi connectivity index (χ1v) is 9.31. The Labute approximate surface area is 163 Å². The molecule has 4 rings (SSSR count). The molecule has 8 heteroatoms. The first kappa shape index (κ1) is 17.0. The van der Waals surface area contributed by atoms with Gasteiger partial charge in [-0.2, -0.15) is 5.10 Å². The molecule has 4 aromatic rings. The molecule has 0 aliphatic carbocycles. The number of benzene rings is 1. The molecule has 0 atom stereocenters. The van der Waals surface area contributed by atoms with Crippen LogP contribution < -0.4 is 5.32 Å². The lowest BCUT2D eigenvalue weighted by Gasteiger charge is -2.04. The summed E-state index contributed by atoms with van der Waals surface area (Å²) in [5, 5.41) is 8.01. The fourth-order valence-electron chi connectivity index (χ4n) is 2.57. The van der Waals surface area contributed by atoms with E-state index in [2.05, 4.69) is 15.4 Å².